The zero-order chi connectivity index (χ0) is 21.1. The van der Waals surface area contributed by atoms with E-state index in [4.69, 9.17) is 24.7 Å². The van der Waals surface area contributed by atoms with Crippen LogP contribution in [0, 0.1) is 22.7 Å². The van der Waals surface area contributed by atoms with Crippen LogP contribution in [0.25, 0.3) is 6.08 Å². The molecule has 0 heterocycles. The van der Waals surface area contributed by atoms with Crippen molar-refractivity contribution in [1.29, 1.82) is 10.5 Å². The molecule has 8 heteroatoms. The van der Waals surface area contributed by atoms with Gasteiger partial charge in [-0.05, 0) is 42.0 Å². The molecule has 2 aromatic carbocycles. The maximum absolute atomic E-state index is 11.8. The van der Waals surface area contributed by atoms with E-state index in [-0.39, 0.29) is 6.61 Å². The van der Waals surface area contributed by atoms with E-state index in [9.17, 15) is 9.59 Å². The summed E-state index contributed by atoms with van der Waals surface area (Å²) < 4.78 is 15.3. The molecule has 29 heavy (non-hydrogen) atoms. The summed E-state index contributed by atoms with van der Waals surface area (Å²) in [4.78, 5) is 23.7. The number of nitriles is 2. The SMILES string of the molecule is COc1cc(/C=C/C(=O)OCC(=O)Nc2cccc(C#N)c2)ccc1OCC#N. The molecule has 0 aliphatic carbocycles. The molecule has 0 aliphatic heterocycles. The summed E-state index contributed by atoms with van der Waals surface area (Å²) in [5.41, 5.74) is 1.48. The standard InChI is InChI=1S/C21H17N3O5/c1-27-19-12-15(5-7-18(19)28-10-9-22)6-8-21(26)29-14-20(25)24-17-4-2-3-16(11-17)13-23/h2-8,11-12H,10,14H2,1H3,(H,24,25)/b8-6+. The van der Waals surface area contributed by atoms with E-state index in [2.05, 4.69) is 5.32 Å². The summed E-state index contributed by atoms with van der Waals surface area (Å²) >= 11 is 0. The lowest BCUT2D eigenvalue weighted by Crippen LogP contribution is -2.20. The first-order chi connectivity index (χ1) is 14.0. The van der Waals surface area contributed by atoms with Gasteiger partial charge in [0.2, 0.25) is 0 Å². The lowest BCUT2D eigenvalue weighted by Gasteiger charge is -2.08. The average molecular weight is 391 g/mol. The monoisotopic (exact) mass is 391 g/mol. The molecule has 0 atom stereocenters. The number of nitrogens with one attached hydrogen (secondary N) is 1. The van der Waals surface area contributed by atoms with Gasteiger partial charge in [0, 0.05) is 11.8 Å². The highest BCUT2D eigenvalue weighted by Crippen LogP contribution is 2.28. The number of esters is 1. The zero-order valence-corrected chi connectivity index (χ0v) is 15.5. The molecule has 0 radical (unpaired) electrons. The van der Waals surface area contributed by atoms with Crippen LogP contribution in [0.3, 0.4) is 0 Å². The molecule has 8 nitrogen and oxygen atoms in total. The normalized spacial score (nSPS) is 9.90. The van der Waals surface area contributed by atoms with Crippen molar-refractivity contribution in [2.45, 2.75) is 0 Å². The molecule has 0 saturated heterocycles. The summed E-state index contributed by atoms with van der Waals surface area (Å²) in [6.45, 7) is -0.578. The van der Waals surface area contributed by atoms with Crippen molar-refractivity contribution in [3.05, 3.63) is 59.7 Å². The van der Waals surface area contributed by atoms with Crippen LogP contribution in [0.4, 0.5) is 5.69 Å². The first kappa shape index (κ1) is 21.0. The summed E-state index contributed by atoms with van der Waals surface area (Å²) in [5, 5.41) is 20.0. The van der Waals surface area contributed by atoms with E-state index < -0.39 is 18.5 Å². The van der Waals surface area contributed by atoms with Crippen LogP contribution >= 0.6 is 0 Å². The second kappa shape index (κ2) is 10.8. The first-order valence-electron chi connectivity index (χ1n) is 8.38. The number of benzene rings is 2. The van der Waals surface area contributed by atoms with E-state index >= 15 is 0 Å². The van der Waals surface area contributed by atoms with Crippen molar-refractivity contribution < 1.29 is 23.8 Å². The molecule has 0 spiro atoms. The number of hydrogen-bond donors (Lipinski definition) is 1. The van der Waals surface area contributed by atoms with Crippen LogP contribution < -0.4 is 14.8 Å². The predicted octanol–water partition coefficient (Wildman–Crippen LogP) is 2.66. The molecule has 2 rings (SSSR count). The Labute approximate surface area is 167 Å². The van der Waals surface area contributed by atoms with E-state index in [0.717, 1.165) is 0 Å². The number of ether oxygens (including phenoxy) is 3. The first-order valence-corrected chi connectivity index (χ1v) is 8.38. The minimum Gasteiger partial charge on any atom is -0.493 e. The van der Waals surface area contributed by atoms with Crippen LogP contribution in [0.15, 0.2) is 48.5 Å². The van der Waals surface area contributed by atoms with Crippen LogP contribution in [-0.4, -0.2) is 32.2 Å². The highest BCUT2D eigenvalue weighted by atomic mass is 16.5. The van der Waals surface area contributed by atoms with Crippen molar-refractivity contribution in [3.63, 3.8) is 0 Å². The van der Waals surface area contributed by atoms with Gasteiger partial charge < -0.3 is 19.5 Å². The van der Waals surface area contributed by atoms with Gasteiger partial charge in [0.15, 0.2) is 24.7 Å². The summed E-state index contributed by atoms with van der Waals surface area (Å²) in [6, 6.07) is 15.1. The fraction of sp³-hybridized carbons (Fsp3) is 0.143. The molecule has 0 aromatic heterocycles. The Bertz CT molecular complexity index is 1000. The Morgan fingerprint density at radius 1 is 1.14 bits per heavy atom. The number of rotatable bonds is 8. The van der Waals surface area contributed by atoms with Crippen LogP contribution in [0.1, 0.15) is 11.1 Å². The van der Waals surface area contributed by atoms with E-state index in [1.807, 2.05) is 12.1 Å². The highest BCUT2D eigenvalue weighted by molar-refractivity contribution is 5.94. The van der Waals surface area contributed by atoms with Gasteiger partial charge in [-0.25, -0.2) is 4.79 Å². The Hall–Kier alpha value is -4.30. The number of carbonyl (C=O) groups excluding carboxylic acids is 2. The summed E-state index contributed by atoms with van der Waals surface area (Å²) in [7, 11) is 1.46. The number of anilines is 1. The van der Waals surface area contributed by atoms with Gasteiger partial charge in [-0.2, -0.15) is 10.5 Å². The smallest absolute Gasteiger partial charge is 0.331 e. The molecular formula is C21H17N3O5. The predicted molar refractivity (Wildman–Crippen MR) is 104 cm³/mol. The lowest BCUT2D eigenvalue weighted by molar-refractivity contribution is -0.142. The molecule has 0 fully saturated rings. The topological polar surface area (TPSA) is 121 Å². The van der Waals surface area contributed by atoms with Gasteiger partial charge in [-0.1, -0.05) is 12.1 Å². The van der Waals surface area contributed by atoms with Crippen LogP contribution in [0.2, 0.25) is 0 Å². The van der Waals surface area contributed by atoms with Crippen molar-refractivity contribution >= 4 is 23.6 Å². The number of methoxy groups -OCH3 is 1. The van der Waals surface area contributed by atoms with Gasteiger partial charge in [0.25, 0.3) is 5.91 Å². The fourth-order valence-corrected chi connectivity index (χ4v) is 2.23. The fourth-order valence-electron chi connectivity index (χ4n) is 2.23. The number of amides is 1. The summed E-state index contributed by atoms with van der Waals surface area (Å²) in [5.74, 6) is -0.405. The second-order valence-electron chi connectivity index (χ2n) is 5.54. The van der Waals surface area contributed by atoms with E-state index in [1.165, 1.54) is 25.3 Å². The molecule has 1 amide bonds. The molecule has 0 saturated carbocycles. The molecule has 0 aliphatic rings. The molecular weight excluding hydrogens is 374 g/mol. The molecule has 146 valence electrons. The van der Waals surface area contributed by atoms with E-state index in [1.54, 1.807) is 36.4 Å². The molecule has 0 bridgehead atoms. The molecule has 2 aromatic rings. The minimum absolute atomic E-state index is 0.110. The van der Waals surface area contributed by atoms with Crippen molar-refractivity contribution in [2.24, 2.45) is 0 Å². The summed E-state index contributed by atoms with van der Waals surface area (Å²) in [6.07, 6.45) is 2.67. The third-order valence-corrected chi connectivity index (χ3v) is 3.51. The minimum atomic E-state index is -0.699. The van der Waals surface area contributed by atoms with Gasteiger partial charge in [0.1, 0.15) is 6.07 Å². The third-order valence-electron chi connectivity index (χ3n) is 3.51. The third kappa shape index (κ3) is 6.74. The highest BCUT2D eigenvalue weighted by Gasteiger charge is 2.07. The van der Waals surface area contributed by atoms with Crippen molar-refractivity contribution in [1.82, 2.24) is 0 Å². The van der Waals surface area contributed by atoms with Gasteiger partial charge in [-0.15, -0.1) is 0 Å². The van der Waals surface area contributed by atoms with Gasteiger partial charge in [-0.3, -0.25) is 4.79 Å². The Morgan fingerprint density at radius 2 is 1.97 bits per heavy atom. The van der Waals surface area contributed by atoms with Crippen LogP contribution in [-0.2, 0) is 14.3 Å². The van der Waals surface area contributed by atoms with Crippen LogP contribution in [0.5, 0.6) is 11.5 Å². The maximum Gasteiger partial charge on any atom is 0.331 e. The van der Waals surface area contributed by atoms with Gasteiger partial charge in [0.05, 0.1) is 18.7 Å². The largest absolute Gasteiger partial charge is 0.493 e. The Balaban J connectivity index is 1.88. The molecule has 1 N–H and O–H groups in total. The number of hydrogen-bond acceptors (Lipinski definition) is 7. The van der Waals surface area contributed by atoms with Gasteiger partial charge >= 0.3 is 5.97 Å². The second-order valence-corrected chi connectivity index (χ2v) is 5.54. The maximum atomic E-state index is 11.8. The Morgan fingerprint density at radius 3 is 2.69 bits per heavy atom. The average Bonchev–Trinajstić information content (AvgIpc) is 2.75. The quantitative estimate of drug-likeness (QED) is 0.542. The number of nitrogens with zero attached hydrogens (tertiary/aromatic N) is 2. The van der Waals surface area contributed by atoms with Crippen molar-refractivity contribution in [3.8, 4) is 23.6 Å². The molecule has 0 unspecified atom stereocenters. The number of carbonyl (C=O) groups is 2. The Kier molecular flexibility index (Phi) is 7.79. The zero-order valence-electron chi connectivity index (χ0n) is 15.5. The lowest BCUT2D eigenvalue weighted by atomic mass is 10.2. The van der Waals surface area contributed by atoms with E-state index in [0.29, 0.717) is 28.3 Å². The van der Waals surface area contributed by atoms with Crippen molar-refractivity contribution in [2.75, 3.05) is 25.6 Å².